The molecule has 1 heterocycles. The summed E-state index contributed by atoms with van der Waals surface area (Å²) in [4.78, 5) is 12.1. The Bertz CT molecular complexity index is 931. The molecule has 0 saturated heterocycles. The number of hydrogen-bond acceptors (Lipinski definition) is 6. The van der Waals surface area contributed by atoms with Gasteiger partial charge in [0.05, 0.1) is 18.4 Å². The van der Waals surface area contributed by atoms with Crippen LogP contribution in [0.1, 0.15) is 0 Å². The fraction of sp³-hybridized carbons (Fsp3) is 0.118. The molecule has 0 saturated carbocycles. The van der Waals surface area contributed by atoms with E-state index in [1.165, 1.54) is 16.4 Å². The fourth-order valence-electron chi connectivity index (χ4n) is 2.28. The number of aromatic nitrogens is 3. The quantitative estimate of drug-likeness (QED) is 0.497. The first-order valence-corrected chi connectivity index (χ1v) is 8.97. The Morgan fingerprint density at radius 2 is 2.08 bits per heavy atom. The number of carbonyl (C=O) groups excluding carboxylic acids is 1. The van der Waals surface area contributed by atoms with Crippen LogP contribution < -0.4 is 15.9 Å². The Hall–Kier alpha value is -2.71. The van der Waals surface area contributed by atoms with Gasteiger partial charge in [0.1, 0.15) is 5.75 Å². The smallest absolute Gasteiger partial charge is 0.234 e. The van der Waals surface area contributed by atoms with Gasteiger partial charge in [0, 0.05) is 10.7 Å². The zero-order chi connectivity index (χ0) is 18.5. The van der Waals surface area contributed by atoms with Crippen molar-refractivity contribution in [2.24, 2.45) is 0 Å². The van der Waals surface area contributed by atoms with E-state index in [-0.39, 0.29) is 11.7 Å². The minimum absolute atomic E-state index is 0.133. The van der Waals surface area contributed by atoms with Crippen LogP contribution in [0, 0.1) is 0 Å². The van der Waals surface area contributed by atoms with E-state index in [4.69, 9.17) is 22.2 Å². The summed E-state index contributed by atoms with van der Waals surface area (Å²) in [7, 11) is 1.58. The molecule has 2 aromatic carbocycles. The Morgan fingerprint density at radius 1 is 1.27 bits per heavy atom. The molecule has 1 amide bonds. The molecule has 26 heavy (non-hydrogen) atoms. The second-order valence-corrected chi connectivity index (χ2v) is 6.60. The van der Waals surface area contributed by atoms with Crippen molar-refractivity contribution in [3.8, 4) is 17.1 Å². The Balaban J connectivity index is 1.68. The van der Waals surface area contributed by atoms with E-state index in [0.29, 0.717) is 27.4 Å². The third-order valence-corrected chi connectivity index (χ3v) is 4.63. The van der Waals surface area contributed by atoms with Gasteiger partial charge in [-0.1, -0.05) is 41.6 Å². The van der Waals surface area contributed by atoms with Gasteiger partial charge in [0.15, 0.2) is 5.82 Å². The maximum absolute atomic E-state index is 12.1. The van der Waals surface area contributed by atoms with Crippen LogP contribution in [0.5, 0.6) is 5.75 Å². The monoisotopic (exact) mass is 389 g/mol. The van der Waals surface area contributed by atoms with Gasteiger partial charge >= 0.3 is 0 Å². The number of amides is 1. The topological polar surface area (TPSA) is 95.1 Å². The van der Waals surface area contributed by atoms with E-state index < -0.39 is 0 Å². The molecule has 3 rings (SSSR count). The summed E-state index contributed by atoms with van der Waals surface area (Å²) in [6, 6.07) is 14.3. The average molecular weight is 390 g/mol. The third kappa shape index (κ3) is 4.09. The van der Waals surface area contributed by atoms with Gasteiger partial charge in [0.25, 0.3) is 0 Å². The first-order chi connectivity index (χ1) is 12.6. The van der Waals surface area contributed by atoms with Gasteiger partial charge in [-0.05, 0) is 30.3 Å². The number of thioether (sulfide) groups is 1. The highest BCUT2D eigenvalue weighted by molar-refractivity contribution is 7.99. The summed E-state index contributed by atoms with van der Waals surface area (Å²) in [6.45, 7) is 0. The molecule has 0 atom stereocenters. The molecule has 0 bridgehead atoms. The highest BCUT2D eigenvalue weighted by Crippen LogP contribution is 2.29. The van der Waals surface area contributed by atoms with Crippen molar-refractivity contribution in [1.29, 1.82) is 0 Å². The lowest BCUT2D eigenvalue weighted by molar-refractivity contribution is -0.113. The summed E-state index contributed by atoms with van der Waals surface area (Å²) in [5.41, 5.74) is 1.35. The van der Waals surface area contributed by atoms with E-state index >= 15 is 0 Å². The number of carbonyl (C=O) groups is 1. The Kier molecular flexibility index (Phi) is 5.65. The zero-order valence-electron chi connectivity index (χ0n) is 13.8. The van der Waals surface area contributed by atoms with Crippen molar-refractivity contribution >= 4 is 35.0 Å². The lowest BCUT2D eigenvalue weighted by atomic mass is 10.2. The number of anilines is 1. The molecule has 3 N–H and O–H groups in total. The number of nitrogens with one attached hydrogen (secondary N) is 1. The number of nitrogens with two attached hydrogens (primary N) is 1. The average Bonchev–Trinajstić information content (AvgIpc) is 3.00. The second kappa shape index (κ2) is 8.11. The third-order valence-electron chi connectivity index (χ3n) is 3.45. The predicted octanol–water partition coefficient (Wildman–Crippen LogP) is 3.05. The zero-order valence-corrected chi connectivity index (χ0v) is 15.4. The molecule has 3 aromatic rings. The SMILES string of the molecule is COc1ccccc1-c1nnc(SCC(=O)Nc2cccc(Cl)c2)n1N. The normalized spacial score (nSPS) is 10.5. The molecule has 1 aromatic heterocycles. The highest BCUT2D eigenvalue weighted by atomic mass is 35.5. The van der Waals surface area contributed by atoms with Gasteiger partial charge in [-0.25, -0.2) is 4.68 Å². The number of benzene rings is 2. The van der Waals surface area contributed by atoms with Crippen molar-refractivity contribution in [2.45, 2.75) is 5.16 Å². The molecule has 0 radical (unpaired) electrons. The van der Waals surface area contributed by atoms with Gasteiger partial charge in [0.2, 0.25) is 11.1 Å². The molecule has 0 aliphatic rings. The van der Waals surface area contributed by atoms with Crippen LogP contribution in [0.4, 0.5) is 5.69 Å². The van der Waals surface area contributed by atoms with Crippen LogP contribution in [0.15, 0.2) is 53.7 Å². The molecular weight excluding hydrogens is 374 g/mol. The number of nitrogen functional groups attached to an aromatic ring is 1. The summed E-state index contributed by atoms with van der Waals surface area (Å²) in [5.74, 6) is 7.12. The summed E-state index contributed by atoms with van der Waals surface area (Å²) < 4.78 is 6.66. The fourth-order valence-corrected chi connectivity index (χ4v) is 3.13. The van der Waals surface area contributed by atoms with Gasteiger partial charge in [-0.3, -0.25) is 4.79 Å². The largest absolute Gasteiger partial charge is 0.496 e. The van der Waals surface area contributed by atoms with Crippen molar-refractivity contribution < 1.29 is 9.53 Å². The summed E-state index contributed by atoms with van der Waals surface area (Å²) in [5, 5.41) is 11.9. The van der Waals surface area contributed by atoms with Crippen LogP contribution in [0.25, 0.3) is 11.4 Å². The van der Waals surface area contributed by atoms with Crippen LogP contribution >= 0.6 is 23.4 Å². The minimum atomic E-state index is -0.195. The predicted molar refractivity (Wildman–Crippen MR) is 103 cm³/mol. The highest BCUT2D eigenvalue weighted by Gasteiger charge is 2.16. The van der Waals surface area contributed by atoms with E-state index in [1.807, 2.05) is 24.3 Å². The maximum Gasteiger partial charge on any atom is 0.234 e. The van der Waals surface area contributed by atoms with E-state index in [1.54, 1.807) is 31.4 Å². The summed E-state index contributed by atoms with van der Waals surface area (Å²) in [6.07, 6.45) is 0. The first kappa shape index (κ1) is 18.1. The standard InChI is InChI=1S/C17H16ClN5O2S/c1-25-14-8-3-2-7-13(14)16-21-22-17(23(16)19)26-10-15(24)20-12-6-4-5-11(18)9-12/h2-9H,10,19H2,1H3,(H,20,24). The van der Waals surface area contributed by atoms with Gasteiger partial charge < -0.3 is 15.9 Å². The number of rotatable bonds is 6. The Labute approximate surface area is 159 Å². The summed E-state index contributed by atoms with van der Waals surface area (Å²) >= 11 is 7.09. The lowest BCUT2D eigenvalue weighted by Gasteiger charge is -2.08. The Morgan fingerprint density at radius 3 is 2.85 bits per heavy atom. The van der Waals surface area contributed by atoms with Gasteiger partial charge in [-0.15, -0.1) is 10.2 Å². The molecular formula is C17H16ClN5O2S. The van der Waals surface area contributed by atoms with E-state index in [9.17, 15) is 4.79 Å². The first-order valence-electron chi connectivity index (χ1n) is 7.60. The number of ether oxygens (including phenoxy) is 1. The molecule has 0 aliphatic heterocycles. The van der Waals surface area contributed by atoms with Crippen LogP contribution in [-0.4, -0.2) is 33.6 Å². The molecule has 0 unspecified atom stereocenters. The molecule has 134 valence electrons. The molecule has 0 fully saturated rings. The van der Waals surface area contributed by atoms with Gasteiger partial charge in [-0.2, -0.15) is 0 Å². The van der Waals surface area contributed by atoms with Crippen molar-refractivity contribution in [3.05, 3.63) is 53.6 Å². The number of nitrogens with zero attached hydrogens (tertiary/aromatic N) is 3. The van der Waals surface area contributed by atoms with E-state index in [2.05, 4.69) is 15.5 Å². The van der Waals surface area contributed by atoms with Crippen molar-refractivity contribution in [1.82, 2.24) is 14.9 Å². The van der Waals surface area contributed by atoms with Crippen molar-refractivity contribution in [3.63, 3.8) is 0 Å². The molecule has 0 spiro atoms. The molecule has 9 heteroatoms. The number of para-hydroxylation sites is 1. The van der Waals surface area contributed by atoms with Crippen molar-refractivity contribution in [2.75, 3.05) is 24.0 Å². The number of halogens is 1. The van der Waals surface area contributed by atoms with Crippen LogP contribution in [-0.2, 0) is 4.79 Å². The number of methoxy groups -OCH3 is 1. The molecule has 7 nitrogen and oxygen atoms in total. The minimum Gasteiger partial charge on any atom is -0.496 e. The van der Waals surface area contributed by atoms with E-state index in [0.717, 1.165) is 5.56 Å². The molecule has 0 aliphatic carbocycles. The van der Waals surface area contributed by atoms with Crippen LogP contribution in [0.2, 0.25) is 5.02 Å². The second-order valence-electron chi connectivity index (χ2n) is 5.22. The lowest BCUT2D eigenvalue weighted by Crippen LogP contribution is -2.16. The van der Waals surface area contributed by atoms with Crippen LogP contribution in [0.3, 0.4) is 0 Å². The number of hydrogen-bond donors (Lipinski definition) is 2. The maximum atomic E-state index is 12.1.